The van der Waals surface area contributed by atoms with Gasteiger partial charge in [-0.1, -0.05) is 30.3 Å². The van der Waals surface area contributed by atoms with Crippen molar-refractivity contribution in [3.05, 3.63) is 155 Å². The van der Waals surface area contributed by atoms with E-state index in [-0.39, 0.29) is 0 Å². The Hall–Kier alpha value is -6.28. The van der Waals surface area contributed by atoms with E-state index in [1.165, 1.54) is 11.1 Å². The highest BCUT2D eigenvalue weighted by molar-refractivity contribution is 5.48. The van der Waals surface area contributed by atoms with Crippen molar-refractivity contribution in [1.29, 1.82) is 0 Å². The predicted molar refractivity (Wildman–Crippen MR) is 220 cm³/mol. The highest BCUT2D eigenvalue weighted by atomic mass is 16.5. The van der Waals surface area contributed by atoms with Crippen molar-refractivity contribution in [2.45, 2.75) is 38.5 Å². The molecule has 8 nitrogen and oxygen atoms in total. The second-order valence-electron chi connectivity index (χ2n) is 13.4. The molecule has 6 rings (SSSR count). The number of rotatable bonds is 19. The Bertz CT molecular complexity index is 2090. The molecule has 290 valence electrons. The lowest BCUT2D eigenvalue weighted by atomic mass is 10.0. The second-order valence-corrected chi connectivity index (χ2v) is 13.4. The lowest BCUT2D eigenvalue weighted by molar-refractivity contribution is 0.354. The third-order valence-electron chi connectivity index (χ3n) is 9.59. The van der Waals surface area contributed by atoms with Crippen molar-refractivity contribution in [3.8, 4) is 57.5 Å². The smallest absolute Gasteiger partial charge is 0.160 e. The molecular weight excluding hydrogens is 705 g/mol. The van der Waals surface area contributed by atoms with E-state index in [0.29, 0.717) is 34.5 Å². The molecule has 0 saturated heterocycles. The fraction of sp³-hybridized carbons (Fsp3) is 0.250. The van der Waals surface area contributed by atoms with Crippen molar-refractivity contribution in [1.82, 2.24) is 0 Å². The van der Waals surface area contributed by atoms with Gasteiger partial charge in [0.05, 0.1) is 42.7 Å². The zero-order valence-corrected chi connectivity index (χ0v) is 33.1. The van der Waals surface area contributed by atoms with E-state index in [0.717, 1.165) is 83.8 Å². The Morgan fingerprint density at radius 1 is 0.268 bits per heavy atom. The average Bonchev–Trinajstić information content (AvgIpc) is 3.23. The molecule has 6 aromatic rings. The van der Waals surface area contributed by atoms with Gasteiger partial charge >= 0.3 is 0 Å². The molecule has 0 radical (unpaired) electrons. The molecule has 0 atom stereocenters. The maximum Gasteiger partial charge on any atom is 0.160 e. The number of ether oxygens (including phenoxy) is 8. The van der Waals surface area contributed by atoms with E-state index in [1.807, 2.05) is 54.6 Å². The summed E-state index contributed by atoms with van der Waals surface area (Å²) in [5.41, 5.74) is 6.76. The molecule has 8 heteroatoms. The molecule has 0 unspecified atom stereocenters. The van der Waals surface area contributed by atoms with E-state index in [2.05, 4.69) is 66.7 Å². The van der Waals surface area contributed by atoms with Crippen LogP contribution in [-0.2, 0) is 38.5 Å². The Morgan fingerprint density at radius 2 is 0.607 bits per heavy atom. The summed E-state index contributed by atoms with van der Waals surface area (Å²) in [5, 5.41) is 0. The Labute approximate surface area is 330 Å². The first-order valence-corrected chi connectivity index (χ1v) is 18.7. The van der Waals surface area contributed by atoms with Crippen LogP contribution < -0.4 is 37.9 Å². The molecule has 0 amide bonds. The number of benzene rings is 6. The van der Waals surface area contributed by atoms with Crippen LogP contribution in [0.4, 0.5) is 0 Å². The van der Waals surface area contributed by atoms with Crippen molar-refractivity contribution in [2.75, 3.05) is 42.7 Å². The molecule has 0 saturated carbocycles. The topological polar surface area (TPSA) is 73.8 Å². The van der Waals surface area contributed by atoms with Crippen LogP contribution in [0.3, 0.4) is 0 Å². The summed E-state index contributed by atoms with van der Waals surface area (Å²) in [6.45, 7) is 0. The minimum atomic E-state index is 0.651. The van der Waals surface area contributed by atoms with Crippen molar-refractivity contribution in [3.63, 3.8) is 0 Å². The first-order valence-electron chi connectivity index (χ1n) is 18.7. The molecule has 0 N–H and O–H groups in total. The first kappa shape index (κ1) is 39.4. The molecule has 0 aliphatic carbocycles. The lowest BCUT2D eigenvalue weighted by Gasteiger charge is -2.15. The monoisotopic (exact) mass is 754 g/mol. The summed E-state index contributed by atoms with van der Waals surface area (Å²) in [5.74, 6) is 7.19. The molecule has 0 aliphatic rings. The number of methoxy groups -OCH3 is 6. The molecule has 0 spiro atoms. The number of hydrogen-bond donors (Lipinski definition) is 0. The first-order chi connectivity index (χ1) is 27.4. The fourth-order valence-corrected chi connectivity index (χ4v) is 6.63. The zero-order chi connectivity index (χ0) is 39.3. The van der Waals surface area contributed by atoms with E-state index in [9.17, 15) is 0 Å². The van der Waals surface area contributed by atoms with Crippen LogP contribution in [0, 0.1) is 0 Å². The van der Waals surface area contributed by atoms with Crippen LogP contribution in [0.5, 0.6) is 57.5 Å². The Morgan fingerprint density at radius 3 is 1.00 bits per heavy atom. The van der Waals surface area contributed by atoms with Gasteiger partial charge in [0.2, 0.25) is 0 Å². The van der Waals surface area contributed by atoms with Crippen LogP contribution in [0.1, 0.15) is 33.4 Å². The highest BCUT2D eigenvalue weighted by Gasteiger charge is 2.12. The summed E-state index contributed by atoms with van der Waals surface area (Å²) in [4.78, 5) is 0. The van der Waals surface area contributed by atoms with Gasteiger partial charge in [-0.15, -0.1) is 0 Å². The van der Waals surface area contributed by atoms with E-state index >= 15 is 0 Å². The summed E-state index contributed by atoms with van der Waals surface area (Å²) >= 11 is 0. The summed E-state index contributed by atoms with van der Waals surface area (Å²) in [7, 11) is 10.0. The van der Waals surface area contributed by atoms with Gasteiger partial charge in [-0.05, 0) is 145 Å². The number of hydrogen-bond acceptors (Lipinski definition) is 8. The standard InChI is InChI=1S/C48H50O8/c1-49-39-11-7-9-33(21-39)13-16-36-23-41(51-3)30-43(25-36)55-45-27-38(18-15-35-19-20-47(53-5)48(29-35)54-6)28-46(32-45)56-44-26-37(24-42(31-44)52-4)17-14-34-10-8-12-40(22-34)50-2/h7-12,19-32H,13-18H2,1-6H3. The van der Waals surface area contributed by atoms with Gasteiger partial charge in [0.15, 0.2) is 11.5 Å². The minimum absolute atomic E-state index is 0.651. The van der Waals surface area contributed by atoms with Gasteiger partial charge in [-0.3, -0.25) is 0 Å². The Balaban J connectivity index is 1.27. The third-order valence-corrected chi connectivity index (χ3v) is 9.59. The van der Waals surface area contributed by atoms with Crippen molar-refractivity contribution in [2.24, 2.45) is 0 Å². The largest absolute Gasteiger partial charge is 0.497 e. The van der Waals surface area contributed by atoms with Crippen LogP contribution >= 0.6 is 0 Å². The molecule has 0 fully saturated rings. The zero-order valence-electron chi connectivity index (χ0n) is 33.1. The number of aryl methyl sites for hydroxylation is 6. The highest BCUT2D eigenvalue weighted by Crippen LogP contribution is 2.35. The maximum atomic E-state index is 6.61. The molecule has 0 aromatic heterocycles. The molecule has 0 heterocycles. The van der Waals surface area contributed by atoms with Crippen LogP contribution in [0.15, 0.2) is 121 Å². The van der Waals surface area contributed by atoms with Crippen LogP contribution in [0.2, 0.25) is 0 Å². The second kappa shape index (κ2) is 19.4. The molecular formula is C48H50O8. The van der Waals surface area contributed by atoms with E-state index in [4.69, 9.17) is 37.9 Å². The summed E-state index contributed by atoms with van der Waals surface area (Å²) < 4.78 is 46.5. The fourth-order valence-electron chi connectivity index (χ4n) is 6.63. The van der Waals surface area contributed by atoms with Crippen LogP contribution in [0.25, 0.3) is 0 Å². The normalized spacial score (nSPS) is 10.8. The quantitative estimate of drug-likeness (QED) is 0.0809. The van der Waals surface area contributed by atoms with Gasteiger partial charge in [0.25, 0.3) is 0 Å². The van der Waals surface area contributed by atoms with Crippen molar-refractivity contribution >= 4 is 0 Å². The average molecular weight is 755 g/mol. The maximum absolute atomic E-state index is 6.61. The SMILES string of the molecule is COc1cccc(CCc2cc(OC)cc(Oc3cc(CCc4ccc(OC)c(OC)c4)cc(Oc4cc(CCc5cccc(OC)c5)cc(OC)c4)c3)c2)c1. The van der Waals surface area contributed by atoms with Gasteiger partial charge in [-0.2, -0.15) is 0 Å². The van der Waals surface area contributed by atoms with Gasteiger partial charge in [0, 0.05) is 18.2 Å². The van der Waals surface area contributed by atoms with Gasteiger partial charge in [0.1, 0.15) is 46.0 Å². The third kappa shape index (κ3) is 10.9. The molecule has 56 heavy (non-hydrogen) atoms. The molecule has 0 bridgehead atoms. The lowest BCUT2D eigenvalue weighted by Crippen LogP contribution is -1.98. The van der Waals surface area contributed by atoms with Crippen LogP contribution in [-0.4, -0.2) is 42.7 Å². The van der Waals surface area contributed by atoms with E-state index < -0.39 is 0 Å². The Kier molecular flexibility index (Phi) is 13.6. The molecule has 0 aliphatic heterocycles. The predicted octanol–water partition coefficient (Wildman–Crippen LogP) is 10.7. The van der Waals surface area contributed by atoms with Gasteiger partial charge in [-0.25, -0.2) is 0 Å². The van der Waals surface area contributed by atoms with Gasteiger partial charge < -0.3 is 37.9 Å². The molecule has 6 aromatic carbocycles. The summed E-state index contributed by atoms with van der Waals surface area (Å²) in [6, 6.07) is 40.4. The van der Waals surface area contributed by atoms with Crippen molar-refractivity contribution < 1.29 is 37.9 Å². The summed E-state index contributed by atoms with van der Waals surface area (Å²) in [6.07, 6.45) is 4.79. The van der Waals surface area contributed by atoms with E-state index in [1.54, 1.807) is 42.7 Å². The minimum Gasteiger partial charge on any atom is -0.497 e.